The monoisotopic (exact) mass is 837 g/mol. The van der Waals surface area contributed by atoms with Crippen LogP contribution < -0.4 is 10.1 Å². The molecule has 3 aromatic carbocycles. The van der Waals surface area contributed by atoms with Gasteiger partial charge in [0.2, 0.25) is 0 Å². The maximum absolute atomic E-state index is 14.9. The largest absolute Gasteiger partial charge is 0.504 e. The Morgan fingerprint density at radius 1 is 0.919 bits per heavy atom. The van der Waals surface area contributed by atoms with Crippen LogP contribution in [0.4, 0.5) is 0 Å². The molecule has 0 amide bonds. The lowest BCUT2D eigenvalue weighted by Gasteiger charge is -2.76. The van der Waals surface area contributed by atoms with E-state index in [0.29, 0.717) is 36.4 Å². The summed E-state index contributed by atoms with van der Waals surface area (Å²) in [6.45, 7) is 0.280. The Labute approximate surface area is 363 Å². The molecule has 8 aliphatic rings. The van der Waals surface area contributed by atoms with Crippen molar-refractivity contribution in [2.45, 2.75) is 100 Å². The van der Waals surface area contributed by atoms with Crippen LogP contribution in [0.3, 0.4) is 0 Å². The van der Waals surface area contributed by atoms with Crippen molar-refractivity contribution < 1.29 is 40.2 Å². The number of ether oxygens (including phenoxy) is 1. The van der Waals surface area contributed by atoms with E-state index < -0.39 is 23.4 Å². The van der Waals surface area contributed by atoms with Crippen molar-refractivity contribution in [3.63, 3.8) is 0 Å². The second-order valence-electron chi connectivity index (χ2n) is 20.3. The van der Waals surface area contributed by atoms with Gasteiger partial charge in [-0.3, -0.25) is 4.79 Å². The average Bonchev–Trinajstić information content (AvgIpc) is 3.67. The van der Waals surface area contributed by atoms with Crippen molar-refractivity contribution in [3.8, 4) is 34.8 Å². The number of benzene rings is 3. The quantitative estimate of drug-likeness (QED) is 0.0762. The number of phenols is 3. The van der Waals surface area contributed by atoms with E-state index in [0.717, 1.165) is 55.2 Å². The van der Waals surface area contributed by atoms with Crippen LogP contribution in [0.25, 0.3) is 0 Å². The molecule has 4 bridgehead atoms. The Bertz CT molecular complexity index is 2430. The predicted molar refractivity (Wildman–Crippen MR) is 233 cm³/mol. The number of hydrogen-bond acceptors (Lipinski definition) is 9. The fraction of sp³-hybridized carbons (Fsp3) is 0.528. The number of allylic oxidation sites excluding steroid dienone is 4. The number of phenolic OH excluding ortho intramolecular Hbond substituents is 3. The SMILES string of the molecule is COc1cc([C@@H]2CC(=O)C[C@H](O)[C@@H]3[C@@H](C#C[C@H]2Cc2ccccc2)CN[C@H]2C[C@@H]4C=C[C@@H](CCO)C5=C[C@@H]6CCC[C@]67C[C@@]54[C@@H]4C[C@H]7c5cc(O)c(O)cc5[C@]324)c(CO)cc1O. The lowest BCUT2D eigenvalue weighted by atomic mass is 9.28. The molecule has 14 atom stereocenters. The first kappa shape index (κ1) is 40.2. The van der Waals surface area contributed by atoms with E-state index in [4.69, 9.17) is 4.74 Å². The van der Waals surface area contributed by atoms with Gasteiger partial charge in [0, 0.05) is 72.5 Å². The second-order valence-corrected chi connectivity index (χ2v) is 20.3. The van der Waals surface area contributed by atoms with Crippen molar-refractivity contribution >= 4 is 5.78 Å². The van der Waals surface area contributed by atoms with Crippen LogP contribution in [0, 0.1) is 64.1 Å². The molecule has 1 aliphatic heterocycles. The molecule has 4 fully saturated rings. The molecular formula is C53H59NO8. The zero-order valence-electron chi connectivity index (χ0n) is 35.5. The van der Waals surface area contributed by atoms with E-state index in [2.05, 4.69) is 47.5 Å². The van der Waals surface area contributed by atoms with E-state index in [9.17, 15) is 35.4 Å². The molecule has 9 nitrogen and oxygen atoms in total. The van der Waals surface area contributed by atoms with Crippen molar-refractivity contribution in [3.05, 3.63) is 106 Å². The van der Waals surface area contributed by atoms with E-state index in [1.807, 2.05) is 30.3 Å². The molecule has 11 rings (SSSR count). The van der Waals surface area contributed by atoms with Gasteiger partial charge in [0.15, 0.2) is 23.0 Å². The summed E-state index contributed by atoms with van der Waals surface area (Å²) in [4.78, 5) is 14.9. The van der Waals surface area contributed by atoms with Crippen LogP contribution in [0.15, 0.2) is 78.4 Å². The number of ketones is 1. The number of carbonyl (C=O) groups is 1. The molecule has 7 aliphatic carbocycles. The summed E-state index contributed by atoms with van der Waals surface area (Å²) in [5.41, 5.74) is 4.85. The molecule has 0 radical (unpaired) electrons. The lowest BCUT2D eigenvalue weighted by molar-refractivity contribution is -0.175. The number of piperidine rings is 1. The lowest BCUT2D eigenvalue weighted by Crippen LogP contribution is -2.77. The van der Waals surface area contributed by atoms with E-state index in [1.54, 1.807) is 6.07 Å². The minimum absolute atomic E-state index is 0.00994. The van der Waals surface area contributed by atoms with Gasteiger partial charge >= 0.3 is 0 Å². The molecular weight excluding hydrogens is 779 g/mol. The number of hydrogen-bond donors (Lipinski definition) is 7. The topological polar surface area (TPSA) is 160 Å². The minimum Gasteiger partial charge on any atom is -0.504 e. The zero-order valence-corrected chi connectivity index (χ0v) is 35.5. The predicted octanol–water partition coefficient (Wildman–Crippen LogP) is 6.92. The number of Topliss-reactive ketones (excluding diaryl/α,β-unsaturated/α-hetero) is 1. The molecule has 9 heteroatoms. The third-order valence-electron chi connectivity index (χ3n) is 18.0. The zero-order chi connectivity index (χ0) is 42.7. The third-order valence-corrected chi connectivity index (χ3v) is 18.0. The number of fused-ring (bicyclic) bond motifs is 4. The van der Waals surface area contributed by atoms with E-state index in [1.165, 1.54) is 18.7 Å². The van der Waals surface area contributed by atoms with Crippen LogP contribution in [-0.4, -0.2) is 68.8 Å². The van der Waals surface area contributed by atoms with Gasteiger partial charge in [0.25, 0.3) is 0 Å². The van der Waals surface area contributed by atoms with Crippen molar-refractivity contribution in [1.29, 1.82) is 0 Å². The summed E-state index contributed by atoms with van der Waals surface area (Å²) in [6.07, 6.45) is 13.7. The fourth-order valence-corrected chi connectivity index (χ4v) is 16.0. The minimum atomic E-state index is -1.06. The number of aromatic hydroxyl groups is 3. The van der Waals surface area contributed by atoms with Crippen LogP contribution in [0.2, 0.25) is 0 Å². The first-order chi connectivity index (χ1) is 30.1. The summed E-state index contributed by atoms with van der Waals surface area (Å²) in [7, 11) is 1.48. The molecule has 7 N–H and O–H groups in total. The molecule has 0 aromatic heterocycles. The number of nitrogens with one attached hydrogen (secondary N) is 1. The van der Waals surface area contributed by atoms with Crippen molar-refractivity contribution in [1.82, 2.24) is 5.32 Å². The molecule has 1 heterocycles. The molecule has 324 valence electrons. The van der Waals surface area contributed by atoms with E-state index in [-0.39, 0.29) is 107 Å². The Morgan fingerprint density at radius 3 is 2.53 bits per heavy atom. The standard InChI is InChI=1S/C53H59NO8/c1-62-47-23-38(33(27-56)17-45(47)60)37-20-36(57)21-46(61)50-32(10-9-31(37)16-29-6-3-2-4-7-29)26-54-49-19-35-12-11-30(13-15-55)40-18-34-8-5-14-51(34)28-52(35,40)48-25-41(51)39-22-43(58)44(59)24-42(39)53(48,49)50/h2-4,6-7,11-12,17-18,22-24,30-32,34-35,37,41,46,48-50,54-56,58-61H,5,8,13-16,19-21,25-28H2,1H3/t30-,31-,32-,34-,35-,37+,41-,46-,48-,49-,50-,51-,52-,53+/m0/s1. The van der Waals surface area contributed by atoms with Crippen molar-refractivity contribution in [2.75, 3.05) is 20.3 Å². The van der Waals surface area contributed by atoms with Crippen LogP contribution in [0.5, 0.6) is 23.0 Å². The molecule has 3 saturated carbocycles. The Morgan fingerprint density at radius 2 is 1.74 bits per heavy atom. The smallest absolute Gasteiger partial charge is 0.160 e. The summed E-state index contributed by atoms with van der Waals surface area (Å²) in [5.74, 6) is 6.66. The second kappa shape index (κ2) is 14.7. The van der Waals surface area contributed by atoms with Gasteiger partial charge in [-0.1, -0.05) is 72.4 Å². The first-order valence-electron chi connectivity index (χ1n) is 23.1. The van der Waals surface area contributed by atoms with Crippen LogP contribution in [0.1, 0.15) is 97.4 Å². The highest BCUT2D eigenvalue weighted by atomic mass is 16.5. The van der Waals surface area contributed by atoms with E-state index >= 15 is 0 Å². The molecule has 3 aromatic rings. The highest BCUT2D eigenvalue weighted by Gasteiger charge is 2.77. The van der Waals surface area contributed by atoms with Gasteiger partial charge < -0.3 is 40.7 Å². The van der Waals surface area contributed by atoms with Gasteiger partial charge in [-0.25, -0.2) is 0 Å². The van der Waals surface area contributed by atoms with Gasteiger partial charge in [0.1, 0.15) is 5.78 Å². The molecule has 3 spiro atoms. The highest BCUT2D eigenvalue weighted by molar-refractivity contribution is 5.80. The summed E-state index contributed by atoms with van der Waals surface area (Å²) in [6, 6.07) is 16.9. The average molecular weight is 838 g/mol. The summed E-state index contributed by atoms with van der Waals surface area (Å²) >= 11 is 0. The number of aliphatic hydroxyl groups excluding tert-OH is 3. The first-order valence-corrected chi connectivity index (χ1v) is 23.1. The maximum Gasteiger partial charge on any atom is 0.160 e. The number of carbonyl (C=O) groups excluding carboxylic acids is 1. The van der Waals surface area contributed by atoms with Gasteiger partial charge in [-0.2, -0.15) is 0 Å². The van der Waals surface area contributed by atoms with Gasteiger partial charge in [-0.15, -0.1) is 0 Å². The Hall–Kier alpha value is -4.59. The van der Waals surface area contributed by atoms with Crippen LogP contribution >= 0.6 is 0 Å². The molecule has 0 unspecified atom stereocenters. The maximum atomic E-state index is 14.9. The molecule has 62 heavy (non-hydrogen) atoms. The van der Waals surface area contributed by atoms with Crippen molar-refractivity contribution in [2.24, 2.45) is 52.3 Å². The Balaban J connectivity index is 1.13. The third kappa shape index (κ3) is 5.52. The van der Waals surface area contributed by atoms with Gasteiger partial charge in [0.05, 0.1) is 19.8 Å². The normalized spacial score (nSPS) is 39.5. The fourth-order valence-electron chi connectivity index (χ4n) is 16.0. The molecule has 1 saturated heterocycles. The summed E-state index contributed by atoms with van der Waals surface area (Å²) < 4.78 is 5.55. The number of rotatable bonds is 7. The van der Waals surface area contributed by atoms with Gasteiger partial charge in [-0.05, 0) is 126 Å². The highest BCUT2D eigenvalue weighted by Crippen LogP contribution is 2.81. The number of methoxy groups -OCH3 is 1. The van der Waals surface area contributed by atoms with Crippen LogP contribution in [-0.2, 0) is 23.2 Å². The number of aliphatic hydroxyl groups is 3. The Kier molecular flexibility index (Phi) is 9.56. The summed E-state index contributed by atoms with van der Waals surface area (Å²) in [5, 5.41) is 71.9.